The highest BCUT2D eigenvalue weighted by Crippen LogP contribution is 2.25. The van der Waals surface area contributed by atoms with Gasteiger partial charge in [-0.15, -0.1) is 11.3 Å². The number of fused-ring (bicyclic) bond motifs is 1. The molecule has 0 fully saturated rings. The summed E-state index contributed by atoms with van der Waals surface area (Å²) in [6.45, 7) is 1.53. The van der Waals surface area contributed by atoms with E-state index in [9.17, 15) is 9.59 Å². The number of benzene rings is 2. The Kier molecular flexibility index (Phi) is 4.95. The number of ether oxygens (including phenoxy) is 2. The van der Waals surface area contributed by atoms with Crippen molar-refractivity contribution in [1.29, 1.82) is 0 Å². The van der Waals surface area contributed by atoms with Crippen LogP contribution in [0.4, 0.5) is 5.69 Å². The van der Waals surface area contributed by atoms with E-state index in [0.717, 1.165) is 15.8 Å². The summed E-state index contributed by atoms with van der Waals surface area (Å²) in [6, 6.07) is 10.5. The zero-order valence-corrected chi connectivity index (χ0v) is 14.6. The number of methoxy groups -OCH3 is 1. The SMILES string of the molecule is COc1ccc(C)cc1NC(=O)COC(=O)c1ccc2ncsc2c1. The predicted octanol–water partition coefficient (Wildman–Crippen LogP) is 3.41. The van der Waals surface area contributed by atoms with E-state index in [2.05, 4.69) is 10.3 Å². The summed E-state index contributed by atoms with van der Waals surface area (Å²) < 4.78 is 11.2. The summed E-state index contributed by atoms with van der Waals surface area (Å²) in [7, 11) is 1.52. The van der Waals surface area contributed by atoms with Crippen LogP contribution >= 0.6 is 11.3 Å². The minimum Gasteiger partial charge on any atom is -0.495 e. The molecule has 0 aliphatic heterocycles. The lowest BCUT2D eigenvalue weighted by molar-refractivity contribution is -0.119. The van der Waals surface area contributed by atoms with E-state index in [1.807, 2.05) is 13.0 Å². The number of aryl methyl sites for hydroxylation is 1. The lowest BCUT2D eigenvalue weighted by Gasteiger charge is -2.11. The molecule has 2 aromatic carbocycles. The van der Waals surface area contributed by atoms with Gasteiger partial charge < -0.3 is 14.8 Å². The molecule has 1 N–H and O–H groups in total. The number of amides is 1. The lowest BCUT2D eigenvalue weighted by atomic mass is 10.2. The number of carbonyl (C=O) groups excluding carboxylic acids is 2. The molecule has 0 aliphatic carbocycles. The van der Waals surface area contributed by atoms with Crippen LogP contribution in [0.5, 0.6) is 5.75 Å². The molecule has 0 unspecified atom stereocenters. The van der Waals surface area contributed by atoms with Crippen molar-refractivity contribution in [1.82, 2.24) is 4.98 Å². The molecule has 3 aromatic rings. The zero-order chi connectivity index (χ0) is 17.8. The molecule has 0 atom stereocenters. The molecule has 6 nitrogen and oxygen atoms in total. The maximum absolute atomic E-state index is 12.1. The van der Waals surface area contributed by atoms with Crippen LogP contribution in [-0.2, 0) is 9.53 Å². The van der Waals surface area contributed by atoms with E-state index < -0.39 is 11.9 Å². The molecule has 0 saturated heterocycles. The standard InChI is InChI=1S/C18H16N2O4S/c1-11-3-6-15(23-2)14(7-11)20-17(21)9-24-18(22)12-4-5-13-16(8-12)25-10-19-13/h3-8,10H,9H2,1-2H3,(H,20,21). The Labute approximate surface area is 148 Å². The average Bonchev–Trinajstić information content (AvgIpc) is 3.07. The highest BCUT2D eigenvalue weighted by molar-refractivity contribution is 7.16. The molecular weight excluding hydrogens is 340 g/mol. The fraction of sp³-hybridized carbons (Fsp3) is 0.167. The van der Waals surface area contributed by atoms with Gasteiger partial charge in [-0.05, 0) is 42.8 Å². The second-order valence-electron chi connectivity index (χ2n) is 5.36. The topological polar surface area (TPSA) is 77.5 Å². The fourth-order valence-electron chi connectivity index (χ4n) is 2.30. The van der Waals surface area contributed by atoms with Crippen molar-refractivity contribution in [2.24, 2.45) is 0 Å². The molecular formula is C18H16N2O4S. The van der Waals surface area contributed by atoms with E-state index in [1.165, 1.54) is 18.4 Å². The first kappa shape index (κ1) is 16.9. The van der Waals surface area contributed by atoms with Crippen LogP contribution < -0.4 is 10.1 Å². The van der Waals surface area contributed by atoms with E-state index in [1.54, 1.807) is 35.8 Å². The van der Waals surface area contributed by atoms with Crippen molar-refractivity contribution in [3.8, 4) is 5.75 Å². The Morgan fingerprint density at radius 3 is 2.84 bits per heavy atom. The lowest BCUT2D eigenvalue weighted by Crippen LogP contribution is -2.21. The van der Waals surface area contributed by atoms with Gasteiger partial charge in [0.1, 0.15) is 5.75 Å². The third-order valence-corrected chi connectivity index (χ3v) is 4.32. The first-order valence-corrected chi connectivity index (χ1v) is 8.39. The molecule has 1 heterocycles. The minimum atomic E-state index is -0.554. The number of nitrogens with zero attached hydrogens (tertiary/aromatic N) is 1. The van der Waals surface area contributed by atoms with Crippen LogP contribution in [-0.4, -0.2) is 30.6 Å². The van der Waals surface area contributed by atoms with Crippen LogP contribution in [0.3, 0.4) is 0 Å². The summed E-state index contributed by atoms with van der Waals surface area (Å²) in [4.78, 5) is 28.3. The highest BCUT2D eigenvalue weighted by atomic mass is 32.1. The molecule has 128 valence electrons. The zero-order valence-electron chi connectivity index (χ0n) is 13.7. The average molecular weight is 356 g/mol. The Balaban J connectivity index is 1.62. The van der Waals surface area contributed by atoms with Crippen molar-refractivity contribution in [3.63, 3.8) is 0 Å². The fourth-order valence-corrected chi connectivity index (χ4v) is 3.02. The number of rotatable bonds is 5. The van der Waals surface area contributed by atoms with Crippen LogP contribution in [0.15, 0.2) is 41.9 Å². The number of hydrogen-bond donors (Lipinski definition) is 1. The van der Waals surface area contributed by atoms with Crippen LogP contribution in [0.2, 0.25) is 0 Å². The van der Waals surface area contributed by atoms with Gasteiger partial charge in [0.2, 0.25) is 0 Å². The summed E-state index contributed by atoms with van der Waals surface area (Å²) in [5, 5.41) is 2.69. The van der Waals surface area contributed by atoms with Crippen molar-refractivity contribution < 1.29 is 19.1 Å². The van der Waals surface area contributed by atoms with Gasteiger partial charge in [-0.3, -0.25) is 4.79 Å². The van der Waals surface area contributed by atoms with Gasteiger partial charge in [0, 0.05) is 0 Å². The number of nitrogens with one attached hydrogen (secondary N) is 1. The maximum Gasteiger partial charge on any atom is 0.338 e. The van der Waals surface area contributed by atoms with E-state index in [-0.39, 0.29) is 6.61 Å². The van der Waals surface area contributed by atoms with Gasteiger partial charge in [-0.1, -0.05) is 6.07 Å². The second-order valence-corrected chi connectivity index (χ2v) is 6.25. The summed E-state index contributed by atoms with van der Waals surface area (Å²) in [5.41, 5.74) is 4.44. The number of thiazole rings is 1. The van der Waals surface area contributed by atoms with E-state index in [4.69, 9.17) is 9.47 Å². The molecule has 7 heteroatoms. The first-order valence-electron chi connectivity index (χ1n) is 7.51. The Bertz CT molecular complexity index is 936. The molecule has 25 heavy (non-hydrogen) atoms. The molecule has 0 saturated carbocycles. The maximum atomic E-state index is 12.1. The smallest absolute Gasteiger partial charge is 0.338 e. The number of anilines is 1. The number of hydrogen-bond acceptors (Lipinski definition) is 6. The number of aromatic nitrogens is 1. The predicted molar refractivity (Wildman–Crippen MR) is 96.3 cm³/mol. The van der Waals surface area contributed by atoms with Crippen molar-refractivity contribution in [2.75, 3.05) is 19.0 Å². The van der Waals surface area contributed by atoms with Gasteiger partial charge in [-0.25, -0.2) is 9.78 Å². The van der Waals surface area contributed by atoms with Crippen molar-refractivity contribution >= 4 is 39.1 Å². The number of carbonyl (C=O) groups is 2. The highest BCUT2D eigenvalue weighted by Gasteiger charge is 2.13. The third-order valence-electron chi connectivity index (χ3n) is 3.53. The molecule has 3 rings (SSSR count). The van der Waals surface area contributed by atoms with Gasteiger partial charge in [0.25, 0.3) is 5.91 Å². The molecule has 1 amide bonds. The van der Waals surface area contributed by atoms with E-state index >= 15 is 0 Å². The van der Waals surface area contributed by atoms with Crippen molar-refractivity contribution in [2.45, 2.75) is 6.92 Å². The van der Waals surface area contributed by atoms with Crippen LogP contribution in [0.25, 0.3) is 10.2 Å². The van der Waals surface area contributed by atoms with Crippen molar-refractivity contribution in [3.05, 3.63) is 53.0 Å². The molecule has 1 aromatic heterocycles. The van der Waals surface area contributed by atoms with Gasteiger partial charge >= 0.3 is 5.97 Å². The molecule has 0 bridgehead atoms. The molecule has 0 aliphatic rings. The number of esters is 1. The Morgan fingerprint density at radius 2 is 2.04 bits per heavy atom. The summed E-state index contributed by atoms with van der Waals surface area (Å²) in [6.07, 6.45) is 0. The Hall–Kier alpha value is -2.93. The van der Waals surface area contributed by atoms with Gasteiger partial charge in [-0.2, -0.15) is 0 Å². The van der Waals surface area contributed by atoms with E-state index in [0.29, 0.717) is 17.0 Å². The monoisotopic (exact) mass is 356 g/mol. The molecule has 0 spiro atoms. The minimum absolute atomic E-state index is 0.378. The quantitative estimate of drug-likeness (QED) is 0.709. The largest absolute Gasteiger partial charge is 0.495 e. The molecule has 0 radical (unpaired) electrons. The summed E-state index contributed by atoms with van der Waals surface area (Å²) >= 11 is 1.44. The first-order chi connectivity index (χ1) is 12.1. The Morgan fingerprint density at radius 1 is 1.20 bits per heavy atom. The van der Waals surface area contributed by atoms with Crippen LogP contribution in [0.1, 0.15) is 15.9 Å². The van der Waals surface area contributed by atoms with Gasteiger partial charge in [0.05, 0.1) is 34.1 Å². The normalized spacial score (nSPS) is 10.5. The van der Waals surface area contributed by atoms with Gasteiger partial charge in [0.15, 0.2) is 6.61 Å². The van der Waals surface area contributed by atoms with Crippen LogP contribution in [0, 0.1) is 6.92 Å². The third kappa shape index (κ3) is 3.95. The second kappa shape index (κ2) is 7.31. The summed E-state index contributed by atoms with van der Waals surface area (Å²) in [5.74, 6) is -0.446.